The minimum absolute atomic E-state index is 0.647. The van der Waals surface area contributed by atoms with Crippen LogP contribution in [0.25, 0.3) is 120 Å². The monoisotopic (exact) mass is 853 g/mol. The van der Waals surface area contributed by atoms with E-state index in [2.05, 4.69) is 127 Å². The van der Waals surface area contributed by atoms with Gasteiger partial charge in [0, 0.05) is 63.3 Å². The van der Waals surface area contributed by atoms with Gasteiger partial charge in [0.1, 0.15) is 0 Å². The molecule has 64 heavy (non-hydrogen) atoms. The molecule has 12 aromatic rings. The summed E-state index contributed by atoms with van der Waals surface area (Å²) in [7, 11) is 0. The normalized spacial score (nSPS) is 11.4. The van der Waals surface area contributed by atoms with Crippen molar-refractivity contribution in [2.24, 2.45) is 0 Å². The Bertz CT molecular complexity index is 3300. The van der Waals surface area contributed by atoms with Crippen molar-refractivity contribution in [1.29, 1.82) is 0 Å². The predicted molar refractivity (Wildman–Crippen MR) is 267 cm³/mol. The van der Waals surface area contributed by atoms with Crippen LogP contribution in [0.4, 0.5) is 0 Å². The second kappa shape index (κ2) is 16.1. The average Bonchev–Trinajstić information content (AvgIpc) is 4.03. The van der Waals surface area contributed by atoms with E-state index in [1.807, 2.05) is 108 Å². The Morgan fingerprint density at radius 2 is 0.609 bits per heavy atom. The number of thiophene rings is 2. The van der Waals surface area contributed by atoms with Crippen molar-refractivity contribution in [2.75, 3.05) is 0 Å². The summed E-state index contributed by atoms with van der Waals surface area (Å²) in [5, 5.41) is 5.00. The second-order valence-electron chi connectivity index (χ2n) is 15.7. The molecule has 4 aromatic heterocycles. The van der Waals surface area contributed by atoms with E-state index in [1.165, 1.54) is 40.7 Å². The summed E-state index contributed by atoms with van der Waals surface area (Å²) < 4.78 is 2.57. The van der Waals surface area contributed by atoms with Crippen LogP contribution < -0.4 is 0 Å². The summed E-state index contributed by atoms with van der Waals surface area (Å²) in [6.45, 7) is 0. The molecule has 0 saturated heterocycles. The van der Waals surface area contributed by atoms with Crippen molar-refractivity contribution < 1.29 is 0 Å². The second-order valence-corrected chi connectivity index (χ2v) is 17.8. The molecule has 5 nitrogen and oxygen atoms in total. The third kappa shape index (κ3) is 7.13. The quantitative estimate of drug-likeness (QED) is 0.152. The number of nitrogens with zero attached hydrogens (tertiary/aromatic N) is 5. The highest BCUT2D eigenvalue weighted by Gasteiger charge is 2.17. The van der Waals surface area contributed by atoms with Crippen LogP contribution in [0.3, 0.4) is 0 Å². The van der Waals surface area contributed by atoms with Gasteiger partial charge >= 0.3 is 0 Å². The average molecular weight is 854 g/mol. The van der Waals surface area contributed by atoms with Gasteiger partial charge in [0.2, 0.25) is 0 Å². The summed E-state index contributed by atoms with van der Waals surface area (Å²) in [5.74, 6) is 2.66. The number of rotatable bonds is 8. The lowest BCUT2D eigenvalue weighted by atomic mass is 10.0. The molecule has 0 atom stereocenters. The van der Waals surface area contributed by atoms with Gasteiger partial charge in [-0.2, -0.15) is 0 Å². The molecule has 0 bridgehead atoms. The van der Waals surface area contributed by atoms with Crippen LogP contribution in [0.5, 0.6) is 0 Å². The molecule has 4 heterocycles. The van der Waals surface area contributed by atoms with E-state index in [-0.39, 0.29) is 0 Å². The molecule has 0 saturated carbocycles. The molecule has 0 aliphatic carbocycles. The first-order valence-electron chi connectivity index (χ1n) is 21.1. The van der Waals surface area contributed by atoms with Crippen molar-refractivity contribution in [3.8, 4) is 88.9 Å². The number of hydrogen-bond acceptors (Lipinski definition) is 7. The Kier molecular flexibility index (Phi) is 9.47. The molecule has 0 aliphatic heterocycles. The fraction of sp³-hybridized carbons (Fsp3) is 0. The van der Waals surface area contributed by atoms with E-state index < -0.39 is 0 Å². The Morgan fingerprint density at radius 1 is 0.250 bits per heavy atom. The van der Waals surface area contributed by atoms with Gasteiger partial charge in [-0.25, -0.2) is 24.9 Å². The lowest BCUT2D eigenvalue weighted by Crippen LogP contribution is -2.00. The summed E-state index contributed by atoms with van der Waals surface area (Å²) in [4.78, 5) is 27.4. The van der Waals surface area contributed by atoms with Gasteiger partial charge < -0.3 is 0 Å². The van der Waals surface area contributed by atoms with E-state index in [0.717, 1.165) is 55.9 Å². The van der Waals surface area contributed by atoms with Crippen LogP contribution in [0.2, 0.25) is 0 Å². The molecule has 0 fully saturated rings. The molecule has 0 spiro atoms. The van der Waals surface area contributed by atoms with Crippen molar-refractivity contribution in [3.63, 3.8) is 0 Å². The van der Waals surface area contributed by atoms with Crippen molar-refractivity contribution in [3.05, 3.63) is 212 Å². The number of fused-ring (bicyclic) bond motifs is 5. The fourth-order valence-electron chi connectivity index (χ4n) is 8.33. The van der Waals surface area contributed by atoms with Gasteiger partial charge in [-0.1, -0.05) is 182 Å². The minimum atomic E-state index is 0.647. The maximum Gasteiger partial charge on any atom is 0.164 e. The molecule has 0 aliphatic rings. The Morgan fingerprint density at radius 3 is 1.09 bits per heavy atom. The first-order chi connectivity index (χ1) is 31.7. The summed E-state index contributed by atoms with van der Waals surface area (Å²) in [5.41, 5.74) is 10.0. The van der Waals surface area contributed by atoms with Gasteiger partial charge in [-0.15, -0.1) is 22.7 Å². The van der Waals surface area contributed by atoms with Gasteiger partial charge in [0.25, 0.3) is 0 Å². The van der Waals surface area contributed by atoms with Crippen LogP contribution in [0, 0.1) is 0 Å². The standard InChI is InChI=1S/C57H35N5S2/c1-5-15-36(16-6-1)48-35-49(59-54(58-48)37-17-7-2-8-18-37)40-23-13-24-41(31-40)50-33-43-27-29-47-46(52(43)63-50)30-28-44-34-51(64-53(44)47)42-25-14-26-45(32-42)57-61-55(38-19-9-3-10-20-38)60-56(62-57)39-21-11-4-12-22-39/h1-35H. The summed E-state index contributed by atoms with van der Waals surface area (Å²) >= 11 is 3.68. The van der Waals surface area contributed by atoms with Crippen LogP contribution in [0.1, 0.15) is 0 Å². The smallest absolute Gasteiger partial charge is 0.164 e. The van der Waals surface area contributed by atoms with E-state index >= 15 is 0 Å². The van der Waals surface area contributed by atoms with Gasteiger partial charge in [0.15, 0.2) is 23.3 Å². The number of benzene rings is 8. The highest BCUT2D eigenvalue weighted by molar-refractivity contribution is 7.24. The van der Waals surface area contributed by atoms with Crippen LogP contribution in [-0.2, 0) is 0 Å². The zero-order valence-electron chi connectivity index (χ0n) is 34.3. The number of hydrogen-bond donors (Lipinski definition) is 0. The molecule has 7 heteroatoms. The zero-order chi connectivity index (χ0) is 42.4. The van der Waals surface area contributed by atoms with Crippen molar-refractivity contribution >= 4 is 53.6 Å². The first-order valence-corrected chi connectivity index (χ1v) is 22.8. The SMILES string of the molecule is c1ccc(-c2cc(-c3cccc(-c4cc5ccc6c(ccc7cc(-c8cccc(-c9nc(-c%10ccccc%10)nc(-c%10ccccc%10)n9)c8)sc76)c5s4)c3)nc(-c3ccccc3)n2)cc1. The van der Waals surface area contributed by atoms with Crippen LogP contribution >= 0.6 is 22.7 Å². The Hall–Kier alpha value is -7.97. The van der Waals surface area contributed by atoms with Crippen molar-refractivity contribution in [2.45, 2.75) is 0 Å². The molecule has 0 amide bonds. The summed E-state index contributed by atoms with van der Waals surface area (Å²) in [6.07, 6.45) is 0. The molecule has 12 rings (SSSR count). The van der Waals surface area contributed by atoms with E-state index in [9.17, 15) is 0 Å². The maximum absolute atomic E-state index is 5.11. The van der Waals surface area contributed by atoms with E-state index in [1.54, 1.807) is 0 Å². The van der Waals surface area contributed by atoms with Crippen LogP contribution in [-0.4, -0.2) is 24.9 Å². The highest BCUT2D eigenvalue weighted by Crippen LogP contribution is 2.44. The van der Waals surface area contributed by atoms with Crippen LogP contribution in [0.15, 0.2) is 212 Å². The molecule has 300 valence electrons. The topological polar surface area (TPSA) is 64.5 Å². The molecular weight excluding hydrogens is 819 g/mol. The van der Waals surface area contributed by atoms with Crippen molar-refractivity contribution in [1.82, 2.24) is 24.9 Å². The first kappa shape index (κ1) is 37.8. The fourth-order valence-corrected chi connectivity index (χ4v) is 10.7. The van der Waals surface area contributed by atoms with E-state index in [0.29, 0.717) is 23.3 Å². The van der Waals surface area contributed by atoms with Gasteiger partial charge in [-0.3, -0.25) is 0 Å². The number of aromatic nitrogens is 5. The molecular formula is C57H35N5S2. The van der Waals surface area contributed by atoms with Gasteiger partial charge in [-0.05, 0) is 52.2 Å². The summed E-state index contributed by atoms with van der Waals surface area (Å²) in [6, 6.07) is 74.0. The Labute approximate surface area is 377 Å². The minimum Gasteiger partial charge on any atom is -0.228 e. The third-order valence-corrected chi connectivity index (χ3v) is 14.0. The molecule has 0 unspecified atom stereocenters. The lowest BCUT2D eigenvalue weighted by Gasteiger charge is -2.10. The highest BCUT2D eigenvalue weighted by atomic mass is 32.1. The molecule has 0 radical (unpaired) electrons. The maximum atomic E-state index is 5.11. The predicted octanol–water partition coefficient (Wildman–Crippen LogP) is 15.6. The molecule has 0 N–H and O–H groups in total. The lowest BCUT2D eigenvalue weighted by molar-refractivity contribution is 1.07. The zero-order valence-corrected chi connectivity index (χ0v) is 35.9. The Balaban J connectivity index is 0.900. The van der Waals surface area contributed by atoms with Gasteiger partial charge in [0.05, 0.1) is 11.4 Å². The largest absolute Gasteiger partial charge is 0.228 e. The van der Waals surface area contributed by atoms with E-state index in [4.69, 9.17) is 24.9 Å². The molecule has 8 aromatic carbocycles. The third-order valence-electron chi connectivity index (χ3n) is 11.5.